The van der Waals surface area contributed by atoms with Crippen molar-refractivity contribution in [3.05, 3.63) is 70.7 Å². The molecule has 1 saturated heterocycles. The van der Waals surface area contributed by atoms with Crippen molar-refractivity contribution in [3.63, 3.8) is 0 Å². The average Bonchev–Trinajstić information content (AvgIpc) is 3.42. The summed E-state index contributed by atoms with van der Waals surface area (Å²) in [5, 5.41) is 0.762. The molecule has 0 spiro atoms. The second kappa shape index (κ2) is 11.5. The van der Waals surface area contributed by atoms with Gasteiger partial charge in [-0.15, -0.1) is 11.3 Å². The summed E-state index contributed by atoms with van der Waals surface area (Å²) >= 11 is 6.97. The van der Waals surface area contributed by atoms with Crippen molar-refractivity contribution >= 4 is 44.1 Å². The van der Waals surface area contributed by atoms with Gasteiger partial charge in [0.25, 0.3) is 10.0 Å². The number of piperidine rings is 1. The summed E-state index contributed by atoms with van der Waals surface area (Å²) in [6.07, 6.45) is -2.99. The van der Waals surface area contributed by atoms with E-state index in [0.717, 1.165) is 44.3 Å². The lowest BCUT2D eigenvalue weighted by atomic mass is 10.0. The molecule has 3 aromatic rings. The number of nitrogens with zero attached hydrogens (tertiary/aromatic N) is 3. The highest BCUT2D eigenvalue weighted by Gasteiger charge is 2.45. The second-order valence-corrected chi connectivity index (χ2v) is 11.5. The van der Waals surface area contributed by atoms with Gasteiger partial charge >= 0.3 is 12.1 Å². The van der Waals surface area contributed by atoms with Gasteiger partial charge in [0, 0.05) is 30.7 Å². The first-order valence-corrected chi connectivity index (χ1v) is 14.2. The highest BCUT2D eigenvalue weighted by Crippen LogP contribution is 2.34. The third-order valence-electron chi connectivity index (χ3n) is 5.99. The van der Waals surface area contributed by atoms with Crippen LogP contribution in [0.15, 0.2) is 65.0 Å². The Balaban J connectivity index is 1.45. The topological polar surface area (TPSA) is 89.0 Å². The average molecular weight is 590 g/mol. The number of hydrogen-bond acceptors (Lipinski definition) is 8. The van der Waals surface area contributed by atoms with Crippen LogP contribution in [0.3, 0.4) is 0 Å². The summed E-state index contributed by atoms with van der Waals surface area (Å²) in [7, 11) is -4.80. The quantitative estimate of drug-likeness (QED) is 0.315. The Morgan fingerprint density at radius 1 is 1.18 bits per heavy atom. The van der Waals surface area contributed by atoms with Crippen LogP contribution in [0.1, 0.15) is 31.4 Å². The molecule has 4 rings (SSSR count). The van der Waals surface area contributed by atoms with Gasteiger partial charge in [0.15, 0.2) is 0 Å². The Kier molecular flexibility index (Phi) is 8.50. The molecule has 0 unspecified atom stereocenters. The van der Waals surface area contributed by atoms with E-state index >= 15 is 0 Å². The number of carbonyl (C=O) groups excluding carboxylic acids is 1. The van der Waals surface area contributed by atoms with Gasteiger partial charge in [-0.1, -0.05) is 46.4 Å². The van der Waals surface area contributed by atoms with E-state index < -0.39 is 32.2 Å². The fraction of sp³-hybridized carbons (Fsp3) is 0.333. The molecule has 14 heteroatoms. The van der Waals surface area contributed by atoms with Crippen LogP contribution in [0.25, 0.3) is 0 Å². The number of aromatic nitrogens is 1. The Morgan fingerprint density at radius 3 is 2.45 bits per heavy atom. The highest BCUT2D eigenvalue weighted by atomic mass is 35.5. The van der Waals surface area contributed by atoms with Crippen LogP contribution in [0.5, 0.6) is 5.75 Å². The molecule has 0 aliphatic carbocycles. The van der Waals surface area contributed by atoms with E-state index in [1.165, 1.54) is 17.0 Å². The van der Waals surface area contributed by atoms with Crippen LogP contribution in [-0.4, -0.2) is 49.6 Å². The van der Waals surface area contributed by atoms with Crippen molar-refractivity contribution in [1.29, 1.82) is 0 Å². The lowest BCUT2D eigenvalue weighted by Crippen LogP contribution is -2.39. The lowest BCUT2D eigenvalue weighted by molar-refractivity contribution is -0.199. The Morgan fingerprint density at radius 2 is 1.87 bits per heavy atom. The summed E-state index contributed by atoms with van der Waals surface area (Å²) < 4.78 is 70.4. The van der Waals surface area contributed by atoms with Gasteiger partial charge in [-0.2, -0.15) is 21.6 Å². The number of ether oxygens (including phenoxy) is 1. The number of alkyl halides is 3. The minimum Gasteiger partial charge on any atom is -0.489 e. The van der Waals surface area contributed by atoms with Crippen molar-refractivity contribution in [1.82, 2.24) is 9.88 Å². The van der Waals surface area contributed by atoms with Crippen LogP contribution < -0.4 is 9.21 Å². The maximum atomic E-state index is 13.1. The van der Waals surface area contributed by atoms with Crippen LogP contribution >= 0.6 is 22.9 Å². The van der Waals surface area contributed by atoms with Crippen LogP contribution in [0.2, 0.25) is 5.02 Å². The predicted octanol–water partition coefficient (Wildman–Crippen LogP) is 5.62. The lowest BCUT2D eigenvalue weighted by Gasteiger charge is -2.36. The molecule has 1 aromatic heterocycles. The zero-order valence-corrected chi connectivity index (χ0v) is 22.4. The molecule has 0 saturated carbocycles. The third kappa shape index (κ3) is 6.40. The molecule has 2 aromatic carbocycles. The predicted molar refractivity (Wildman–Crippen MR) is 135 cm³/mol. The smallest absolute Gasteiger partial charge is 0.489 e. The summed E-state index contributed by atoms with van der Waals surface area (Å²) in [4.78, 5) is 21.1. The van der Waals surface area contributed by atoms with E-state index in [-0.39, 0.29) is 27.4 Å². The molecule has 204 valence electrons. The van der Waals surface area contributed by atoms with E-state index in [1.807, 2.05) is 18.2 Å². The third-order valence-corrected chi connectivity index (χ3v) is 8.68. The zero-order valence-electron chi connectivity index (χ0n) is 20.0. The Hall–Kier alpha value is -2.87. The molecule has 2 heterocycles. The van der Waals surface area contributed by atoms with Gasteiger partial charge in [-0.3, -0.25) is 4.90 Å². The molecule has 1 fully saturated rings. The SMILES string of the molecule is C[C@H](c1ccccc1)N1CCC(Oc2ccc(S(=O)(=O)N(OC(=O)C(F)(F)F)c3nccs3)cc2Cl)CC1. The number of anilines is 1. The van der Waals surface area contributed by atoms with Crippen molar-refractivity contribution in [2.24, 2.45) is 0 Å². The fourth-order valence-electron chi connectivity index (χ4n) is 3.96. The summed E-state index contributed by atoms with van der Waals surface area (Å²) in [5.74, 6) is -2.48. The molecule has 0 amide bonds. The molecular formula is C24H23ClF3N3O5S2. The minimum absolute atomic E-state index is 0.0626. The molecule has 8 nitrogen and oxygen atoms in total. The van der Waals surface area contributed by atoms with Crippen molar-refractivity contribution in [2.45, 2.75) is 43.0 Å². The van der Waals surface area contributed by atoms with Crippen molar-refractivity contribution in [3.8, 4) is 5.75 Å². The van der Waals surface area contributed by atoms with Crippen molar-refractivity contribution < 1.29 is 36.0 Å². The number of hydrogen-bond donors (Lipinski definition) is 0. The normalized spacial score (nSPS) is 16.1. The van der Waals surface area contributed by atoms with Crippen LogP contribution in [0, 0.1) is 0 Å². The molecule has 1 aliphatic rings. The van der Waals surface area contributed by atoms with Gasteiger partial charge < -0.3 is 9.57 Å². The number of sulfonamides is 1. The van der Waals surface area contributed by atoms with Gasteiger partial charge in [0.2, 0.25) is 5.13 Å². The number of carbonyl (C=O) groups is 1. The van der Waals surface area contributed by atoms with Crippen LogP contribution in [-0.2, 0) is 19.7 Å². The highest BCUT2D eigenvalue weighted by molar-refractivity contribution is 7.92. The number of benzene rings is 2. The molecule has 0 radical (unpaired) electrons. The molecule has 0 N–H and O–H groups in total. The standard InChI is InChI=1S/C24H23ClF3N3O5S2/c1-16(17-5-3-2-4-6-17)30-12-9-18(10-13-30)35-21-8-7-19(15-20(21)25)38(33,34)31(23-29-11-14-37-23)36-22(32)24(26,27)28/h2-8,11,14-16,18H,9-10,12-13H2,1H3/t16-/m1/s1. The van der Waals surface area contributed by atoms with Gasteiger partial charge in [0.05, 0.1) is 9.92 Å². The molecule has 1 atom stereocenters. The maximum absolute atomic E-state index is 13.1. The second-order valence-electron chi connectivity index (χ2n) is 8.46. The van der Waals surface area contributed by atoms with E-state index in [0.29, 0.717) is 11.3 Å². The van der Waals surface area contributed by atoms with Gasteiger partial charge in [-0.05, 0) is 43.5 Å². The van der Waals surface area contributed by atoms with E-state index in [2.05, 4.69) is 33.8 Å². The summed E-state index contributed by atoms with van der Waals surface area (Å²) in [6, 6.07) is 13.9. The number of thiazole rings is 1. The fourth-order valence-corrected chi connectivity index (χ4v) is 6.28. The van der Waals surface area contributed by atoms with E-state index in [4.69, 9.17) is 16.3 Å². The minimum atomic E-state index is -5.42. The van der Waals surface area contributed by atoms with Crippen LogP contribution in [0.4, 0.5) is 18.3 Å². The molecule has 38 heavy (non-hydrogen) atoms. The number of halogens is 4. The number of rotatable bonds is 8. The monoisotopic (exact) mass is 589 g/mol. The maximum Gasteiger partial charge on any atom is 0.493 e. The van der Waals surface area contributed by atoms with Crippen molar-refractivity contribution in [2.75, 3.05) is 17.6 Å². The molecule has 0 bridgehead atoms. The Bertz CT molecular complexity index is 1350. The Labute approximate surface area is 226 Å². The molecular weight excluding hydrogens is 567 g/mol. The first kappa shape index (κ1) is 28.1. The van der Waals surface area contributed by atoms with E-state index in [9.17, 15) is 26.4 Å². The number of likely N-dealkylation sites (tertiary alicyclic amines) is 1. The molecule has 1 aliphatic heterocycles. The van der Waals surface area contributed by atoms with Gasteiger partial charge in [-0.25, -0.2) is 9.78 Å². The first-order chi connectivity index (χ1) is 18.0. The zero-order chi connectivity index (χ0) is 27.5. The summed E-state index contributed by atoms with van der Waals surface area (Å²) in [5.41, 5.74) is 1.22. The van der Waals surface area contributed by atoms with Gasteiger partial charge in [0.1, 0.15) is 11.9 Å². The largest absolute Gasteiger partial charge is 0.493 e. The van der Waals surface area contributed by atoms with E-state index in [1.54, 1.807) is 0 Å². The summed E-state index contributed by atoms with van der Waals surface area (Å²) in [6.45, 7) is 3.73. The first-order valence-electron chi connectivity index (χ1n) is 11.5.